The van der Waals surface area contributed by atoms with Gasteiger partial charge in [-0.15, -0.1) is 0 Å². The topological polar surface area (TPSA) is 18.5 Å². The lowest BCUT2D eigenvalue weighted by molar-refractivity contribution is 0.574. The normalized spacial score (nSPS) is 20.3. The first kappa shape index (κ1) is 15.4. The van der Waals surface area contributed by atoms with Crippen molar-refractivity contribution in [3.63, 3.8) is 0 Å². The van der Waals surface area contributed by atoms with Crippen molar-refractivity contribution in [3.8, 4) is 0 Å². The predicted octanol–water partition coefficient (Wildman–Crippen LogP) is 3.67. The second kappa shape index (κ2) is 6.40. The van der Waals surface area contributed by atoms with Gasteiger partial charge >= 0.3 is 0 Å². The lowest BCUT2D eigenvalue weighted by atomic mass is 10.1. The van der Waals surface area contributed by atoms with Crippen LogP contribution in [-0.2, 0) is 0 Å². The maximum atomic E-state index is 13.9. The maximum absolute atomic E-state index is 13.9. The minimum absolute atomic E-state index is 0.248. The van der Waals surface area contributed by atoms with Gasteiger partial charge in [0, 0.05) is 31.4 Å². The molecule has 0 bridgehead atoms. The van der Waals surface area contributed by atoms with Crippen molar-refractivity contribution in [2.75, 3.05) is 36.0 Å². The Balaban J connectivity index is 1.66. The summed E-state index contributed by atoms with van der Waals surface area (Å²) >= 11 is 0. The van der Waals surface area contributed by atoms with E-state index in [1.165, 1.54) is 31.0 Å². The summed E-state index contributed by atoms with van der Waals surface area (Å²) < 4.78 is 27.1. The summed E-state index contributed by atoms with van der Waals surface area (Å²) in [4.78, 5) is 4.40. The Bertz CT molecular complexity index is 711. The molecule has 24 heavy (non-hydrogen) atoms. The fourth-order valence-electron chi connectivity index (χ4n) is 3.70. The molecule has 0 aliphatic carbocycles. The fourth-order valence-corrected chi connectivity index (χ4v) is 3.70. The van der Waals surface area contributed by atoms with Crippen LogP contribution in [0, 0.1) is 11.6 Å². The predicted molar refractivity (Wildman–Crippen MR) is 93.0 cm³/mol. The Morgan fingerprint density at radius 2 is 1.75 bits per heavy atom. The van der Waals surface area contributed by atoms with Crippen LogP contribution in [0.15, 0.2) is 42.5 Å². The number of benzene rings is 2. The number of hydrogen-bond donors (Lipinski definition) is 1. The summed E-state index contributed by atoms with van der Waals surface area (Å²) in [5, 5.41) is 3.52. The van der Waals surface area contributed by atoms with Gasteiger partial charge in [0.25, 0.3) is 0 Å². The number of halogens is 2. The first-order valence-electron chi connectivity index (χ1n) is 8.52. The lowest BCUT2D eigenvalue weighted by Crippen LogP contribution is -2.44. The molecule has 0 saturated carbocycles. The van der Waals surface area contributed by atoms with Gasteiger partial charge in [0.2, 0.25) is 0 Å². The average molecular weight is 329 g/mol. The highest BCUT2D eigenvalue weighted by atomic mass is 19.1. The van der Waals surface area contributed by atoms with E-state index in [4.69, 9.17) is 0 Å². The van der Waals surface area contributed by atoms with Crippen LogP contribution in [0.2, 0.25) is 0 Å². The molecule has 5 heteroatoms. The molecular formula is C19H21F2N3. The molecule has 2 aromatic rings. The number of rotatable bonds is 3. The molecule has 2 aliphatic rings. The van der Waals surface area contributed by atoms with E-state index in [1.807, 2.05) is 6.07 Å². The van der Waals surface area contributed by atoms with E-state index < -0.39 is 0 Å². The molecule has 0 aromatic heterocycles. The van der Waals surface area contributed by atoms with Gasteiger partial charge in [-0.25, -0.2) is 8.78 Å². The van der Waals surface area contributed by atoms with Gasteiger partial charge in [-0.3, -0.25) is 0 Å². The van der Waals surface area contributed by atoms with Crippen molar-refractivity contribution in [2.45, 2.75) is 18.9 Å². The molecule has 3 nitrogen and oxygen atoms in total. The SMILES string of the molecule is Fc1ccc(N2CCN(C[C@H]3CCCN3)c3ccc(F)cc32)cc1. The molecule has 1 atom stereocenters. The largest absolute Gasteiger partial charge is 0.366 e. The third kappa shape index (κ3) is 2.96. The van der Waals surface area contributed by atoms with E-state index in [0.717, 1.165) is 43.2 Å². The average Bonchev–Trinajstić information content (AvgIpc) is 3.09. The minimum atomic E-state index is -0.260. The second-order valence-corrected chi connectivity index (χ2v) is 6.50. The van der Waals surface area contributed by atoms with Crippen LogP contribution in [-0.4, -0.2) is 32.2 Å². The summed E-state index contributed by atoms with van der Waals surface area (Å²) in [5.41, 5.74) is 2.79. The molecular weight excluding hydrogens is 308 g/mol. The maximum Gasteiger partial charge on any atom is 0.125 e. The van der Waals surface area contributed by atoms with E-state index in [0.29, 0.717) is 6.04 Å². The van der Waals surface area contributed by atoms with Crippen LogP contribution >= 0.6 is 0 Å². The molecule has 4 rings (SSSR count). The number of nitrogens with zero attached hydrogens (tertiary/aromatic N) is 2. The van der Waals surface area contributed by atoms with Crippen LogP contribution in [0.4, 0.5) is 25.8 Å². The van der Waals surface area contributed by atoms with Crippen LogP contribution in [0.5, 0.6) is 0 Å². The first-order chi connectivity index (χ1) is 11.7. The van der Waals surface area contributed by atoms with E-state index in [2.05, 4.69) is 15.1 Å². The smallest absolute Gasteiger partial charge is 0.125 e. The highest BCUT2D eigenvalue weighted by Gasteiger charge is 2.26. The zero-order chi connectivity index (χ0) is 16.5. The van der Waals surface area contributed by atoms with E-state index in [1.54, 1.807) is 18.2 Å². The van der Waals surface area contributed by atoms with E-state index in [-0.39, 0.29) is 11.6 Å². The van der Waals surface area contributed by atoms with Crippen LogP contribution in [0.3, 0.4) is 0 Å². The number of hydrogen-bond acceptors (Lipinski definition) is 3. The van der Waals surface area contributed by atoms with Gasteiger partial charge in [-0.1, -0.05) is 0 Å². The van der Waals surface area contributed by atoms with Crippen molar-refractivity contribution < 1.29 is 8.78 Å². The molecule has 0 spiro atoms. The van der Waals surface area contributed by atoms with Crippen molar-refractivity contribution in [1.82, 2.24) is 5.32 Å². The van der Waals surface area contributed by atoms with Gasteiger partial charge in [0.1, 0.15) is 11.6 Å². The van der Waals surface area contributed by atoms with Crippen molar-refractivity contribution in [3.05, 3.63) is 54.1 Å². The third-order valence-electron chi connectivity index (χ3n) is 4.90. The number of fused-ring (bicyclic) bond motifs is 1. The van der Waals surface area contributed by atoms with E-state index >= 15 is 0 Å². The summed E-state index contributed by atoms with van der Waals surface area (Å²) in [5.74, 6) is -0.508. The Kier molecular flexibility index (Phi) is 4.10. The Labute approximate surface area is 140 Å². The number of anilines is 3. The minimum Gasteiger partial charge on any atom is -0.366 e. The summed E-state index contributed by atoms with van der Waals surface area (Å²) in [6.45, 7) is 3.65. The van der Waals surface area contributed by atoms with Crippen molar-refractivity contribution >= 4 is 17.1 Å². The van der Waals surface area contributed by atoms with Gasteiger partial charge < -0.3 is 15.1 Å². The Morgan fingerprint density at radius 1 is 0.958 bits per heavy atom. The summed E-state index contributed by atoms with van der Waals surface area (Å²) in [7, 11) is 0. The van der Waals surface area contributed by atoms with Gasteiger partial charge in [-0.05, 0) is 61.9 Å². The van der Waals surface area contributed by atoms with Crippen molar-refractivity contribution in [2.24, 2.45) is 0 Å². The Morgan fingerprint density at radius 3 is 2.50 bits per heavy atom. The zero-order valence-corrected chi connectivity index (χ0v) is 13.5. The zero-order valence-electron chi connectivity index (χ0n) is 13.5. The Hall–Kier alpha value is -2.14. The molecule has 1 fully saturated rings. The summed E-state index contributed by atoms with van der Waals surface area (Å²) in [6.07, 6.45) is 2.41. The fraction of sp³-hybridized carbons (Fsp3) is 0.368. The molecule has 2 aromatic carbocycles. The molecule has 0 unspecified atom stereocenters. The van der Waals surface area contributed by atoms with Crippen LogP contribution in [0.25, 0.3) is 0 Å². The molecule has 1 N–H and O–H groups in total. The van der Waals surface area contributed by atoms with E-state index in [9.17, 15) is 8.78 Å². The second-order valence-electron chi connectivity index (χ2n) is 6.50. The first-order valence-corrected chi connectivity index (χ1v) is 8.52. The highest BCUT2D eigenvalue weighted by molar-refractivity contribution is 5.79. The third-order valence-corrected chi connectivity index (χ3v) is 4.90. The molecule has 2 aliphatic heterocycles. The summed E-state index contributed by atoms with van der Waals surface area (Å²) in [6, 6.07) is 11.8. The van der Waals surface area contributed by atoms with Crippen LogP contribution in [0.1, 0.15) is 12.8 Å². The van der Waals surface area contributed by atoms with Crippen molar-refractivity contribution in [1.29, 1.82) is 0 Å². The molecule has 2 heterocycles. The molecule has 0 amide bonds. The molecule has 126 valence electrons. The highest BCUT2D eigenvalue weighted by Crippen LogP contribution is 2.38. The lowest BCUT2D eigenvalue weighted by Gasteiger charge is -2.40. The van der Waals surface area contributed by atoms with Gasteiger partial charge in [0.05, 0.1) is 11.4 Å². The number of nitrogens with one attached hydrogen (secondary N) is 1. The van der Waals surface area contributed by atoms with Gasteiger partial charge in [-0.2, -0.15) is 0 Å². The van der Waals surface area contributed by atoms with Crippen LogP contribution < -0.4 is 15.1 Å². The van der Waals surface area contributed by atoms with Gasteiger partial charge in [0.15, 0.2) is 0 Å². The quantitative estimate of drug-likeness (QED) is 0.927. The molecule has 0 radical (unpaired) electrons. The monoisotopic (exact) mass is 329 g/mol. The standard InChI is InChI=1S/C19H21F2N3/c20-14-3-6-17(7-4-14)24-11-10-23(13-16-2-1-9-22-16)18-8-5-15(21)12-19(18)24/h3-8,12,16,22H,1-2,9-11,13H2/t16-/m1/s1. The molecule has 1 saturated heterocycles.